The van der Waals surface area contributed by atoms with Crippen LogP contribution in [0.5, 0.6) is 5.75 Å². The van der Waals surface area contributed by atoms with E-state index in [-0.39, 0.29) is 11.3 Å². The molecule has 2 heterocycles. The first kappa shape index (κ1) is 11.0. The van der Waals surface area contributed by atoms with Crippen LogP contribution in [0.15, 0.2) is 40.5 Å². The third-order valence-electron chi connectivity index (χ3n) is 2.91. The summed E-state index contributed by atoms with van der Waals surface area (Å²) < 4.78 is 0. The van der Waals surface area contributed by atoms with Gasteiger partial charge in [0.15, 0.2) is 0 Å². The summed E-state index contributed by atoms with van der Waals surface area (Å²) in [5, 5.41) is 12.6. The summed E-state index contributed by atoms with van der Waals surface area (Å²) in [6.07, 6.45) is 0. The molecule has 0 saturated carbocycles. The van der Waals surface area contributed by atoms with Crippen molar-refractivity contribution in [2.75, 3.05) is 0 Å². The maximum Gasteiger partial charge on any atom is 0.252 e. The van der Waals surface area contributed by atoms with Crippen molar-refractivity contribution in [3.05, 3.63) is 51.6 Å². The van der Waals surface area contributed by atoms with E-state index in [1.807, 2.05) is 36.6 Å². The van der Waals surface area contributed by atoms with Crippen LogP contribution in [0.2, 0.25) is 0 Å². The van der Waals surface area contributed by atoms with Crippen LogP contribution in [0.25, 0.3) is 21.3 Å². The molecule has 2 aromatic heterocycles. The molecule has 1 aromatic carbocycles. The van der Waals surface area contributed by atoms with Gasteiger partial charge in [-0.15, -0.1) is 11.3 Å². The molecule has 0 spiro atoms. The summed E-state index contributed by atoms with van der Waals surface area (Å²) in [4.78, 5) is 14.7. The van der Waals surface area contributed by atoms with Crippen molar-refractivity contribution in [3.8, 4) is 16.9 Å². The van der Waals surface area contributed by atoms with Gasteiger partial charge in [-0.2, -0.15) is 0 Å². The van der Waals surface area contributed by atoms with Crippen LogP contribution < -0.4 is 5.56 Å². The van der Waals surface area contributed by atoms with Crippen molar-refractivity contribution in [1.82, 2.24) is 4.98 Å². The van der Waals surface area contributed by atoms with Gasteiger partial charge in [-0.1, -0.05) is 29.8 Å². The van der Waals surface area contributed by atoms with Crippen LogP contribution in [0.1, 0.15) is 5.56 Å². The van der Waals surface area contributed by atoms with Gasteiger partial charge in [-0.25, -0.2) is 0 Å². The Morgan fingerprint density at radius 3 is 2.67 bits per heavy atom. The molecule has 0 unspecified atom stereocenters. The molecule has 0 saturated heterocycles. The minimum absolute atomic E-state index is 0.0329. The van der Waals surface area contributed by atoms with E-state index in [0.29, 0.717) is 10.2 Å². The lowest BCUT2D eigenvalue weighted by Crippen LogP contribution is -2.01. The van der Waals surface area contributed by atoms with Crippen molar-refractivity contribution in [1.29, 1.82) is 0 Å². The maximum atomic E-state index is 11.3. The largest absolute Gasteiger partial charge is 0.507 e. The highest BCUT2D eigenvalue weighted by molar-refractivity contribution is 7.17. The van der Waals surface area contributed by atoms with E-state index in [2.05, 4.69) is 4.98 Å². The van der Waals surface area contributed by atoms with Crippen LogP contribution in [-0.2, 0) is 0 Å². The number of aromatic nitrogens is 1. The second kappa shape index (κ2) is 3.99. The van der Waals surface area contributed by atoms with Gasteiger partial charge in [0.05, 0.1) is 5.39 Å². The second-order valence-corrected chi connectivity index (χ2v) is 5.12. The first-order valence-corrected chi connectivity index (χ1v) is 6.43. The summed E-state index contributed by atoms with van der Waals surface area (Å²) in [5.74, 6) is 0.0329. The van der Waals surface area contributed by atoms with Crippen molar-refractivity contribution >= 4 is 21.6 Å². The van der Waals surface area contributed by atoms with Crippen molar-refractivity contribution < 1.29 is 5.11 Å². The van der Waals surface area contributed by atoms with E-state index in [1.165, 1.54) is 23.0 Å². The highest BCUT2D eigenvalue weighted by atomic mass is 32.1. The molecule has 0 aliphatic heterocycles. The Hall–Kier alpha value is -2.07. The predicted molar refractivity (Wildman–Crippen MR) is 74.3 cm³/mol. The molecule has 90 valence electrons. The fourth-order valence-corrected chi connectivity index (χ4v) is 2.98. The number of aromatic hydroxyl groups is 1. The van der Waals surface area contributed by atoms with Crippen LogP contribution in [0, 0.1) is 6.92 Å². The number of H-pyrrole nitrogens is 1. The monoisotopic (exact) mass is 257 g/mol. The van der Waals surface area contributed by atoms with Gasteiger partial charge in [0.25, 0.3) is 5.56 Å². The Morgan fingerprint density at radius 1 is 1.22 bits per heavy atom. The van der Waals surface area contributed by atoms with Gasteiger partial charge >= 0.3 is 0 Å². The van der Waals surface area contributed by atoms with Gasteiger partial charge in [-0.3, -0.25) is 4.79 Å². The molecule has 2 N–H and O–H groups in total. The maximum absolute atomic E-state index is 11.3. The number of aryl methyl sites for hydroxylation is 1. The topological polar surface area (TPSA) is 53.1 Å². The molecule has 0 amide bonds. The Labute approximate surface area is 107 Å². The van der Waals surface area contributed by atoms with Crippen LogP contribution in [0.4, 0.5) is 0 Å². The lowest BCUT2D eigenvalue weighted by molar-refractivity contribution is 0.481. The first-order chi connectivity index (χ1) is 8.65. The third-order valence-corrected chi connectivity index (χ3v) is 3.81. The van der Waals surface area contributed by atoms with Gasteiger partial charge in [0, 0.05) is 17.0 Å². The fourth-order valence-electron chi connectivity index (χ4n) is 1.99. The molecule has 3 rings (SSSR count). The number of nitrogens with one attached hydrogen (secondary N) is 1. The zero-order chi connectivity index (χ0) is 12.7. The van der Waals surface area contributed by atoms with Gasteiger partial charge in [0.2, 0.25) is 0 Å². The molecule has 0 aliphatic carbocycles. The van der Waals surface area contributed by atoms with E-state index in [4.69, 9.17) is 0 Å². The van der Waals surface area contributed by atoms with Crippen LogP contribution in [0.3, 0.4) is 0 Å². The summed E-state index contributed by atoms with van der Waals surface area (Å²) >= 11 is 1.43. The zero-order valence-corrected chi connectivity index (χ0v) is 10.5. The summed E-state index contributed by atoms with van der Waals surface area (Å²) in [6.45, 7) is 2.03. The Balaban J connectivity index is 2.30. The van der Waals surface area contributed by atoms with Gasteiger partial charge in [-0.05, 0) is 12.5 Å². The normalized spacial score (nSPS) is 10.9. The average molecular weight is 257 g/mol. The lowest BCUT2D eigenvalue weighted by atomic mass is 10.0. The lowest BCUT2D eigenvalue weighted by Gasteiger charge is -2.02. The second-order valence-electron chi connectivity index (χ2n) is 4.24. The predicted octanol–water partition coefficient (Wildman–Crippen LogP) is 3.27. The minimum atomic E-state index is -0.280. The number of rotatable bonds is 1. The molecule has 0 bridgehead atoms. The molecule has 0 aliphatic rings. The molecule has 18 heavy (non-hydrogen) atoms. The van der Waals surface area contributed by atoms with E-state index in [1.54, 1.807) is 0 Å². The van der Waals surface area contributed by atoms with Crippen molar-refractivity contribution in [2.45, 2.75) is 6.92 Å². The molecular formula is C14H11NO2S. The SMILES string of the molecule is Cc1ccc(-c2csc3[nH]c(=O)cc(O)c23)cc1. The molecule has 3 aromatic rings. The van der Waals surface area contributed by atoms with Gasteiger partial charge in [0.1, 0.15) is 10.6 Å². The molecule has 0 radical (unpaired) electrons. The van der Waals surface area contributed by atoms with E-state index < -0.39 is 0 Å². The van der Waals surface area contributed by atoms with E-state index in [9.17, 15) is 9.90 Å². The number of thiophene rings is 1. The summed E-state index contributed by atoms with van der Waals surface area (Å²) in [5.41, 5.74) is 2.89. The quantitative estimate of drug-likeness (QED) is 0.703. The first-order valence-electron chi connectivity index (χ1n) is 5.55. The summed E-state index contributed by atoms with van der Waals surface area (Å²) in [7, 11) is 0. The highest BCUT2D eigenvalue weighted by Crippen LogP contribution is 2.37. The number of fused-ring (bicyclic) bond motifs is 1. The zero-order valence-electron chi connectivity index (χ0n) is 9.73. The van der Waals surface area contributed by atoms with Crippen molar-refractivity contribution in [2.24, 2.45) is 0 Å². The minimum Gasteiger partial charge on any atom is -0.507 e. The van der Waals surface area contributed by atoms with Crippen LogP contribution >= 0.6 is 11.3 Å². The van der Waals surface area contributed by atoms with Gasteiger partial charge < -0.3 is 10.1 Å². The molecule has 3 nitrogen and oxygen atoms in total. The van der Waals surface area contributed by atoms with E-state index in [0.717, 1.165) is 11.1 Å². The molecule has 4 heteroatoms. The highest BCUT2D eigenvalue weighted by Gasteiger charge is 2.11. The number of hydrogen-bond donors (Lipinski definition) is 2. The number of pyridine rings is 1. The Bertz CT molecular complexity index is 769. The van der Waals surface area contributed by atoms with Crippen LogP contribution in [-0.4, -0.2) is 10.1 Å². The fraction of sp³-hybridized carbons (Fsp3) is 0.0714. The smallest absolute Gasteiger partial charge is 0.252 e. The number of hydrogen-bond acceptors (Lipinski definition) is 3. The average Bonchev–Trinajstić information content (AvgIpc) is 2.74. The standard InChI is InChI=1S/C14H11NO2S/c1-8-2-4-9(5-3-8)10-7-18-14-13(10)11(16)6-12(17)15-14/h2-7H,1H3,(H2,15,16,17). The third kappa shape index (κ3) is 1.71. The Kier molecular flexibility index (Phi) is 2.45. The summed E-state index contributed by atoms with van der Waals surface area (Å²) in [6, 6.07) is 9.30. The molecular weight excluding hydrogens is 246 g/mol. The number of aromatic amines is 1. The molecule has 0 fully saturated rings. The molecule has 0 atom stereocenters. The number of benzene rings is 1. The van der Waals surface area contributed by atoms with Crippen molar-refractivity contribution in [3.63, 3.8) is 0 Å². The Morgan fingerprint density at radius 2 is 1.94 bits per heavy atom. The van der Waals surface area contributed by atoms with E-state index >= 15 is 0 Å².